The van der Waals surface area contributed by atoms with Crippen molar-refractivity contribution in [1.82, 2.24) is 4.31 Å². The minimum Gasteiger partial charge on any atom is -0.452 e. The molecular weight excluding hydrogens is 450 g/mol. The van der Waals surface area contributed by atoms with Gasteiger partial charge < -0.3 is 10.1 Å². The topological polar surface area (TPSA) is 136 Å². The van der Waals surface area contributed by atoms with Gasteiger partial charge in [-0.25, -0.2) is 13.2 Å². The second-order valence-corrected chi connectivity index (χ2v) is 9.62. The number of amides is 1. The molecule has 1 N–H and O–H groups in total. The maximum Gasteiger partial charge on any atom is 0.338 e. The van der Waals surface area contributed by atoms with Crippen molar-refractivity contribution in [3.63, 3.8) is 0 Å². The standard InChI is InChI=1S/C22H25N3O7S/c1-16-19(10-7-11-20(16)25(28)29)23-21(26)15-32-22(27)17-8-6-9-18(14-17)33(30,31)24-12-4-2-3-5-13-24/h6-11,14H,2-5,12-13,15H2,1H3,(H,23,26). The lowest BCUT2D eigenvalue weighted by molar-refractivity contribution is -0.385. The normalized spacial score (nSPS) is 14.8. The predicted octanol–water partition coefficient (Wildman–Crippen LogP) is 3.26. The van der Waals surface area contributed by atoms with Crippen LogP contribution < -0.4 is 5.32 Å². The SMILES string of the molecule is Cc1c(NC(=O)COC(=O)c2cccc(S(=O)(=O)N3CCCCCC3)c2)cccc1[N+](=O)[O-]. The number of nitro groups is 1. The number of benzene rings is 2. The van der Waals surface area contributed by atoms with E-state index in [2.05, 4.69) is 5.32 Å². The molecule has 0 aliphatic carbocycles. The second kappa shape index (κ2) is 10.5. The van der Waals surface area contributed by atoms with Gasteiger partial charge in [0.2, 0.25) is 10.0 Å². The van der Waals surface area contributed by atoms with Crippen LogP contribution in [0.4, 0.5) is 11.4 Å². The van der Waals surface area contributed by atoms with Crippen LogP contribution in [0.25, 0.3) is 0 Å². The zero-order chi connectivity index (χ0) is 24.0. The number of nitrogens with zero attached hydrogens (tertiary/aromatic N) is 2. The molecule has 1 heterocycles. The van der Waals surface area contributed by atoms with E-state index in [1.165, 1.54) is 53.7 Å². The van der Waals surface area contributed by atoms with Gasteiger partial charge >= 0.3 is 5.97 Å². The number of anilines is 1. The molecule has 0 bridgehead atoms. The molecule has 2 aromatic carbocycles. The molecule has 2 aromatic rings. The van der Waals surface area contributed by atoms with E-state index in [9.17, 15) is 28.1 Å². The van der Waals surface area contributed by atoms with Crippen molar-refractivity contribution < 1.29 is 27.7 Å². The van der Waals surface area contributed by atoms with E-state index < -0.39 is 33.4 Å². The summed E-state index contributed by atoms with van der Waals surface area (Å²) in [7, 11) is -3.74. The Labute approximate surface area is 191 Å². The van der Waals surface area contributed by atoms with Crippen molar-refractivity contribution in [3.8, 4) is 0 Å². The second-order valence-electron chi connectivity index (χ2n) is 7.68. The van der Waals surface area contributed by atoms with Crippen LogP contribution in [-0.4, -0.2) is 49.2 Å². The number of carbonyl (C=O) groups is 2. The molecule has 11 heteroatoms. The Kier molecular flexibility index (Phi) is 7.77. The summed E-state index contributed by atoms with van der Waals surface area (Å²) < 4.78 is 32.4. The van der Waals surface area contributed by atoms with Crippen LogP contribution in [0.2, 0.25) is 0 Å². The van der Waals surface area contributed by atoms with Gasteiger partial charge in [0.05, 0.1) is 26.6 Å². The molecule has 0 unspecified atom stereocenters. The molecule has 1 aliphatic rings. The quantitative estimate of drug-likeness (QED) is 0.369. The lowest BCUT2D eigenvalue weighted by Crippen LogP contribution is -2.32. The number of ether oxygens (including phenoxy) is 1. The van der Waals surface area contributed by atoms with Gasteiger partial charge in [-0.1, -0.05) is 25.0 Å². The first-order valence-electron chi connectivity index (χ1n) is 10.5. The highest BCUT2D eigenvalue weighted by molar-refractivity contribution is 7.89. The number of nitro benzene ring substituents is 1. The van der Waals surface area contributed by atoms with E-state index in [0.717, 1.165) is 25.7 Å². The number of rotatable bonds is 7. The van der Waals surface area contributed by atoms with Gasteiger partial charge in [-0.2, -0.15) is 4.31 Å². The smallest absolute Gasteiger partial charge is 0.338 e. The van der Waals surface area contributed by atoms with Gasteiger partial charge in [0.15, 0.2) is 6.61 Å². The molecule has 1 fully saturated rings. The first-order valence-corrected chi connectivity index (χ1v) is 12.0. The van der Waals surface area contributed by atoms with E-state index in [-0.39, 0.29) is 27.4 Å². The number of sulfonamides is 1. The molecule has 0 atom stereocenters. The van der Waals surface area contributed by atoms with Crippen molar-refractivity contribution in [2.75, 3.05) is 25.0 Å². The van der Waals surface area contributed by atoms with Crippen LogP contribution >= 0.6 is 0 Å². The van der Waals surface area contributed by atoms with Crippen LogP contribution in [0.3, 0.4) is 0 Å². The summed E-state index contributed by atoms with van der Waals surface area (Å²) in [6.07, 6.45) is 3.55. The lowest BCUT2D eigenvalue weighted by atomic mass is 10.1. The summed E-state index contributed by atoms with van der Waals surface area (Å²) >= 11 is 0. The fourth-order valence-corrected chi connectivity index (χ4v) is 5.14. The Morgan fingerprint density at radius 2 is 1.76 bits per heavy atom. The molecule has 10 nitrogen and oxygen atoms in total. The largest absolute Gasteiger partial charge is 0.452 e. The number of hydrogen-bond donors (Lipinski definition) is 1. The average Bonchev–Trinajstić information content (AvgIpc) is 3.09. The average molecular weight is 476 g/mol. The van der Waals surface area contributed by atoms with Gasteiger partial charge in [0.1, 0.15) is 0 Å². The fraction of sp³-hybridized carbons (Fsp3) is 0.364. The Balaban J connectivity index is 1.65. The van der Waals surface area contributed by atoms with Crippen molar-refractivity contribution >= 4 is 33.3 Å². The third-order valence-electron chi connectivity index (χ3n) is 5.38. The number of carbonyl (C=O) groups excluding carboxylic acids is 2. The molecule has 1 saturated heterocycles. The van der Waals surface area contributed by atoms with Crippen LogP contribution in [0.5, 0.6) is 0 Å². The Bertz CT molecular complexity index is 1160. The van der Waals surface area contributed by atoms with E-state index in [0.29, 0.717) is 13.1 Å². The third-order valence-corrected chi connectivity index (χ3v) is 7.28. The summed E-state index contributed by atoms with van der Waals surface area (Å²) in [5.41, 5.74) is 0.363. The zero-order valence-electron chi connectivity index (χ0n) is 18.2. The highest BCUT2D eigenvalue weighted by atomic mass is 32.2. The van der Waals surface area contributed by atoms with Gasteiger partial charge in [0.25, 0.3) is 11.6 Å². The molecule has 176 valence electrons. The monoisotopic (exact) mass is 475 g/mol. The van der Waals surface area contributed by atoms with Crippen molar-refractivity contribution in [1.29, 1.82) is 0 Å². The Morgan fingerprint density at radius 1 is 1.09 bits per heavy atom. The van der Waals surface area contributed by atoms with Gasteiger partial charge in [0, 0.05) is 19.2 Å². The molecule has 0 saturated carbocycles. The number of hydrogen-bond acceptors (Lipinski definition) is 7. The summed E-state index contributed by atoms with van der Waals surface area (Å²) in [6.45, 7) is 1.74. The zero-order valence-corrected chi connectivity index (χ0v) is 19.0. The van der Waals surface area contributed by atoms with Crippen LogP contribution in [-0.2, 0) is 19.6 Å². The van der Waals surface area contributed by atoms with Crippen LogP contribution in [0.15, 0.2) is 47.4 Å². The fourth-order valence-electron chi connectivity index (χ4n) is 3.57. The molecule has 33 heavy (non-hydrogen) atoms. The molecule has 0 spiro atoms. The highest BCUT2D eigenvalue weighted by Gasteiger charge is 2.26. The maximum atomic E-state index is 13.0. The van der Waals surface area contributed by atoms with Gasteiger partial charge in [-0.15, -0.1) is 0 Å². The van der Waals surface area contributed by atoms with E-state index in [4.69, 9.17) is 4.74 Å². The number of esters is 1. The molecule has 1 aliphatic heterocycles. The maximum absolute atomic E-state index is 13.0. The molecule has 0 aromatic heterocycles. The van der Waals surface area contributed by atoms with Crippen molar-refractivity contribution in [3.05, 3.63) is 63.7 Å². The van der Waals surface area contributed by atoms with E-state index in [1.54, 1.807) is 0 Å². The number of nitrogens with one attached hydrogen (secondary N) is 1. The summed E-state index contributed by atoms with van der Waals surface area (Å²) in [5, 5.41) is 13.5. The Morgan fingerprint density at radius 3 is 2.42 bits per heavy atom. The van der Waals surface area contributed by atoms with Gasteiger partial charge in [-0.05, 0) is 44.0 Å². The van der Waals surface area contributed by atoms with Crippen molar-refractivity contribution in [2.45, 2.75) is 37.5 Å². The Hall–Kier alpha value is -3.31. The van der Waals surface area contributed by atoms with E-state index >= 15 is 0 Å². The minimum atomic E-state index is -3.74. The molecular formula is C22H25N3O7S. The molecule has 3 rings (SSSR count). The summed E-state index contributed by atoms with van der Waals surface area (Å²) in [6, 6.07) is 9.78. The van der Waals surface area contributed by atoms with Crippen LogP contribution in [0.1, 0.15) is 41.6 Å². The van der Waals surface area contributed by atoms with Crippen LogP contribution in [0, 0.1) is 17.0 Å². The third kappa shape index (κ3) is 5.93. The highest BCUT2D eigenvalue weighted by Crippen LogP contribution is 2.25. The first-order chi connectivity index (χ1) is 15.7. The summed E-state index contributed by atoms with van der Waals surface area (Å²) in [4.78, 5) is 35.1. The molecule has 0 radical (unpaired) electrons. The van der Waals surface area contributed by atoms with Gasteiger partial charge in [-0.3, -0.25) is 14.9 Å². The predicted molar refractivity (Wildman–Crippen MR) is 120 cm³/mol. The first kappa shape index (κ1) is 24.3. The minimum absolute atomic E-state index is 0.00415. The van der Waals surface area contributed by atoms with Crippen molar-refractivity contribution in [2.24, 2.45) is 0 Å². The summed E-state index contributed by atoms with van der Waals surface area (Å²) in [5.74, 6) is -1.53. The lowest BCUT2D eigenvalue weighted by Gasteiger charge is -2.20. The van der Waals surface area contributed by atoms with E-state index in [1.807, 2.05) is 0 Å². The molecule has 1 amide bonds.